The van der Waals surface area contributed by atoms with Crippen LogP contribution in [0.1, 0.15) is 89.1 Å². The summed E-state index contributed by atoms with van der Waals surface area (Å²) in [5.41, 5.74) is 0.238. The van der Waals surface area contributed by atoms with Crippen molar-refractivity contribution in [2.75, 3.05) is 0 Å². The summed E-state index contributed by atoms with van der Waals surface area (Å²) < 4.78 is 30.1. The van der Waals surface area contributed by atoms with Gasteiger partial charge in [-0.25, -0.2) is 0 Å². The Kier molecular flexibility index (Phi) is 8.58. The SMILES string of the molecule is Cc1cc(O)c2cc3c(c(O)c2c1)C(=O)c1ccc(C2CC(O)C(OC4CCC(OC5C=CC(=O)C(C)O5)C(C)O4)C(C)O2)c(O)c1C3=O. The maximum Gasteiger partial charge on any atom is 0.198 e. The van der Waals surface area contributed by atoms with E-state index in [1.807, 2.05) is 6.92 Å². The first kappa shape index (κ1) is 33.3. The Morgan fingerprint density at radius 2 is 1.53 bits per heavy atom. The summed E-state index contributed by atoms with van der Waals surface area (Å²) >= 11 is 0. The Balaban J connectivity index is 1.05. The number of carbonyl (C=O) groups excluding carboxylic acids is 3. The number of ether oxygens (including phenoxy) is 5. The number of phenols is 3. The molecular weight excluding hydrogens is 636 g/mol. The third-order valence-electron chi connectivity index (χ3n) is 9.88. The van der Waals surface area contributed by atoms with Crippen LogP contribution in [0.3, 0.4) is 0 Å². The van der Waals surface area contributed by atoms with Gasteiger partial charge in [-0.3, -0.25) is 14.4 Å². The van der Waals surface area contributed by atoms with E-state index in [0.29, 0.717) is 18.4 Å². The molecule has 258 valence electrons. The van der Waals surface area contributed by atoms with Gasteiger partial charge in [0.1, 0.15) is 29.5 Å². The van der Waals surface area contributed by atoms with Gasteiger partial charge in [-0.05, 0) is 76.1 Å². The second-order valence-electron chi connectivity index (χ2n) is 13.3. The van der Waals surface area contributed by atoms with Gasteiger partial charge >= 0.3 is 0 Å². The Hall–Kier alpha value is -4.17. The average molecular weight is 675 g/mol. The largest absolute Gasteiger partial charge is 0.507 e. The molecule has 3 aromatic carbocycles. The van der Waals surface area contributed by atoms with Gasteiger partial charge in [-0.2, -0.15) is 0 Å². The van der Waals surface area contributed by atoms with E-state index in [1.54, 1.807) is 32.9 Å². The van der Waals surface area contributed by atoms with Crippen molar-refractivity contribution in [2.24, 2.45) is 0 Å². The van der Waals surface area contributed by atoms with Crippen LogP contribution >= 0.6 is 0 Å². The number of carbonyl (C=O) groups is 3. The van der Waals surface area contributed by atoms with Crippen LogP contribution in [-0.2, 0) is 28.5 Å². The highest BCUT2D eigenvalue weighted by atomic mass is 16.7. The van der Waals surface area contributed by atoms with Crippen LogP contribution in [0.15, 0.2) is 42.5 Å². The van der Waals surface area contributed by atoms with E-state index >= 15 is 0 Å². The summed E-state index contributed by atoms with van der Waals surface area (Å²) in [7, 11) is 0. The average Bonchev–Trinajstić information content (AvgIpc) is 3.04. The number of fused-ring (bicyclic) bond motifs is 3. The lowest BCUT2D eigenvalue weighted by Crippen LogP contribution is -2.50. The molecule has 12 heteroatoms. The van der Waals surface area contributed by atoms with E-state index in [2.05, 4.69) is 0 Å². The van der Waals surface area contributed by atoms with Gasteiger partial charge in [0, 0.05) is 40.3 Å². The van der Waals surface area contributed by atoms with Gasteiger partial charge in [0.2, 0.25) is 0 Å². The third-order valence-corrected chi connectivity index (χ3v) is 9.88. The number of aliphatic hydroxyl groups is 1. The van der Waals surface area contributed by atoms with Crippen LogP contribution < -0.4 is 0 Å². The Bertz CT molecular complexity index is 1890. The maximum atomic E-state index is 13.8. The van der Waals surface area contributed by atoms with Gasteiger partial charge in [-0.1, -0.05) is 6.07 Å². The summed E-state index contributed by atoms with van der Waals surface area (Å²) in [5, 5.41) is 44.7. The standard InChI is InChI=1S/C37H38O12/c1-15-11-22-21(25(39)12-15)13-23-32(35(22)43)34(42)20-6-5-19(33(41)31(20)36(23)44)28-14-26(40)37(18(4)45-28)49-30-10-8-27(17(3)47-30)48-29-9-7-24(38)16(2)46-29/h5-7,9,11-13,16-18,26-30,37,39-41,43H,8,10,14H2,1-4H3. The summed E-state index contributed by atoms with van der Waals surface area (Å²) in [5.74, 6) is -2.47. The van der Waals surface area contributed by atoms with Crippen molar-refractivity contribution in [3.8, 4) is 17.2 Å². The zero-order valence-electron chi connectivity index (χ0n) is 27.4. The molecular formula is C37H38O12. The summed E-state index contributed by atoms with van der Waals surface area (Å²) in [6.45, 7) is 6.98. The fourth-order valence-electron chi connectivity index (χ4n) is 7.29. The van der Waals surface area contributed by atoms with Crippen LogP contribution in [0.5, 0.6) is 17.2 Å². The zero-order chi connectivity index (χ0) is 34.9. The molecule has 12 nitrogen and oxygen atoms in total. The van der Waals surface area contributed by atoms with E-state index in [0.717, 1.165) is 0 Å². The second-order valence-corrected chi connectivity index (χ2v) is 13.3. The molecule has 2 fully saturated rings. The first-order chi connectivity index (χ1) is 23.3. The first-order valence-corrected chi connectivity index (χ1v) is 16.4. The van der Waals surface area contributed by atoms with Crippen LogP contribution in [0.25, 0.3) is 10.8 Å². The monoisotopic (exact) mass is 674 g/mol. The fourth-order valence-corrected chi connectivity index (χ4v) is 7.29. The molecule has 9 atom stereocenters. The first-order valence-electron chi connectivity index (χ1n) is 16.4. The van der Waals surface area contributed by atoms with Gasteiger partial charge in [0.05, 0.1) is 41.6 Å². The lowest BCUT2D eigenvalue weighted by Gasteiger charge is -2.42. The minimum atomic E-state index is -1.02. The summed E-state index contributed by atoms with van der Waals surface area (Å²) in [6, 6.07) is 7.35. The quantitative estimate of drug-likeness (QED) is 0.235. The Morgan fingerprint density at radius 3 is 2.24 bits per heavy atom. The van der Waals surface area contributed by atoms with Crippen molar-refractivity contribution < 1.29 is 58.5 Å². The van der Waals surface area contributed by atoms with E-state index in [-0.39, 0.29) is 68.8 Å². The molecule has 0 aromatic heterocycles. The minimum absolute atomic E-state index is 0.0228. The van der Waals surface area contributed by atoms with Crippen molar-refractivity contribution in [1.82, 2.24) is 0 Å². The van der Waals surface area contributed by atoms with Gasteiger partial charge < -0.3 is 44.1 Å². The minimum Gasteiger partial charge on any atom is -0.507 e. The number of aliphatic hydroxyl groups excluding tert-OH is 1. The molecule has 49 heavy (non-hydrogen) atoms. The number of rotatable bonds is 5. The molecule has 3 aliphatic heterocycles. The molecule has 4 aliphatic rings. The topological polar surface area (TPSA) is 178 Å². The molecule has 0 saturated carbocycles. The molecule has 9 unspecified atom stereocenters. The molecule has 7 rings (SSSR count). The summed E-state index contributed by atoms with van der Waals surface area (Å²) in [6.07, 6.45) is -1.67. The van der Waals surface area contributed by atoms with Gasteiger partial charge in [-0.15, -0.1) is 0 Å². The summed E-state index contributed by atoms with van der Waals surface area (Å²) in [4.78, 5) is 39.1. The van der Waals surface area contributed by atoms with E-state index in [9.17, 15) is 34.8 Å². The number of phenolic OH excluding ortho intramolecular Hbond substituents is 3. The molecule has 0 amide bonds. The maximum absolute atomic E-state index is 13.8. The number of ketones is 3. The number of hydrogen-bond acceptors (Lipinski definition) is 12. The third kappa shape index (κ3) is 5.82. The Labute approximate surface area is 281 Å². The zero-order valence-corrected chi connectivity index (χ0v) is 27.4. The highest BCUT2D eigenvalue weighted by Crippen LogP contribution is 2.46. The van der Waals surface area contributed by atoms with E-state index < -0.39 is 66.2 Å². The van der Waals surface area contributed by atoms with Gasteiger partial charge in [0.15, 0.2) is 29.9 Å². The van der Waals surface area contributed by atoms with Crippen LogP contribution in [0.4, 0.5) is 0 Å². The van der Waals surface area contributed by atoms with Crippen molar-refractivity contribution >= 4 is 28.1 Å². The highest BCUT2D eigenvalue weighted by Gasteiger charge is 2.43. The number of aromatic hydroxyl groups is 3. The Morgan fingerprint density at radius 1 is 0.796 bits per heavy atom. The lowest BCUT2D eigenvalue weighted by atomic mass is 9.79. The van der Waals surface area contributed by atoms with E-state index in [4.69, 9.17) is 23.7 Å². The predicted octanol–water partition coefficient (Wildman–Crippen LogP) is 4.42. The molecule has 0 radical (unpaired) electrons. The van der Waals surface area contributed by atoms with Crippen LogP contribution in [0, 0.1) is 6.92 Å². The molecule has 2 saturated heterocycles. The molecule has 0 spiro atoms. The molecule has 1 aliphatic carbocycles. The predicted molar refractivity (Wildman–Crippen MR) is 173 cm³/mol. The normalized spacial score (nSPS) is 31.5. The highest BCUT2D eigenvalue weighted by molar-refractivity contribution is 6.32. The smallest absolute Gasteiger partial charge is 0.198 e. The molecule has 3 heterocycles. The lowest BCUT2D eigenvalue weighted by molar-refractivity contribution is -0.292. The second kappa shape index (κ2) is 12.6. The number of hydrogen-bond donors (Lipinski definition) is 4. The molecule has 4 N–H and O–H groups in total. The van der Waals surface area contributed by atoms with Crippen LogP contribution in [-0.4, -0.2) is 87.0 Å². The van der Waals surface area contributed by atoms with Gasteiger partial charge in [0.25, 0.3) is 0 Å². The van der Waals surface area contributed by atoms with Crippen molar-refractivity contribution in [1.29, 1.82) is 0 Å². The molecule has 0 bridgehead atoms. The van der Waals surface area contributed by atoms with Crippen LogP contribution in [0.2, 0.25) is 0 Å². The number of benzene rings is 3. The van der Waals surface area contributed by atoms with E-state index in [1.165, 1.54) is 30.3 Å². The van der Waals surface area contributed by atoms with Crippen molar-refractivity contribution in [3.05, 3.63) is 75.9 Å². The molecule has 3 aromatic rings. The van der Waals surface area contributed by atoms with Crippen molar-refractivity contribution in [3.63, 3.8) is 0 Å². The van der Waals surface area contributed by atoms with Crippen molar-refractivity contribution in [2.45, 2.75) is 102 Å². The number of aryl methyl sites for hydroxylation is 1. The fraction of sp³-hybridized carbons (Fsp3) is 0.432.